The summed E-state index contributed by atoms with van der Waals surface area (Å²) in [5.41, 5.74) is 2.90. The van der Waals surface area contributed by atoms with Crippen molar-refractivity contribution in [1.29, 1.82) is 5.41 Å². The van der Waals surface area contributed by atoms with Crippen molar-refractivity contribution in [1.82, 2.24) is 24.2 Å². The molecule has 1 saturated heterocycles. The van der Waals surface area contributed by atoms with Crippen LogP contribution < -0.4 is 5.32 Å². The summed E-state index contributed by atoms with van der Waals surface area (Å²) in [6.07, 6.45) is -2.83. The van der Waals surface area contributed by atoms with Crippen LogP contribution in [-0.4, -0.2) is 71.2 Å². The Labute approximate surface area is 224 Å². The second-order valence-electron chi connectivity index (χ2n) is 9.38. The van der Waals surface area contributed by atoms with Gasteiger partial charge in [0.25, 0.3) is 10.0 Å². The van der Waals surface area contributed by atoms with Crippen LogP contribution in [0.2, 0.25) is 0 Å². The Kier molecular flexibility index (Phi) is 8.37. The van der Waals surface area contributed by atoms with Crippen LogP contribution in [0, 0.1) is 18.2 Å². The Morgan fingerprint density at radius 1 is 1.18 bits per heavy atom. The van der Waals surface area contributed by atoms with Crippen LogP contribution in [0.25, 0.3) is 0 Å². The van der Waals surface area contributed by atoms with Gasteiger partial charge in [0.2, 0.25) is 5.03 Å². The van der Waals surface area contributed by atoms with Gasteiger partial charge in [-0.1, -0.05) is 0 Å². The number of anilines is 2. The van der Waals surface area contributed by atoms with Crippen LogP contribution in [0.4, 0.5) is 28.9 Å². The molecular weight excluding hydrogens is 538 g/mol. The van der Waals surface area contributed by atoms with Crippen LogP contribution in [-0.2, 0) is 17.1 Å². The standard InChI is InChI=1S/C25H29F4N7O2S/c1-17-12-22(32-20-6-4-19(26)5-7-20)18(14-30)13-21(17)23-16-36(39(37,38)24-15-31-34(2)33-24)10-3-9-35(23)11-8-25(27,28)29/h4-7,12-15,23,30,32H,3,8-11,16H2,1-2H3. The number of aryl methyl sites for hydroxylation is 2. The van der Waals surface area contributed by atoms with Crippen molar-refractivity contribution < 1.29 is 26.0 Å². The molecule has 39 heavy (non-hydrogen) atoms. The third-order valence-electron chi connectivity index (χ3n) is 6.61. The number of sulfonamides is 1. The summed E-state index contributed by atoms with van der Waals surface area (Å²) >= 11 is 0. The van der Waals surface area contributed by atoms with Gasteiger partial charge in [-0.15, -0.1) is 5.10 Å². The molecule has 1 atom stereocenters. The first kappa shape index (κ1) is 28.6. The SMILES string of the molecule is Cc1cc(Nc2ccc(F)cc2)c(C=N)cc1C1CN(S(=O)(=O)c2cnn(C)n2)CCCN1CCC(F)(F)F. The Morgan fingerprint density at radius 3 is 2.51 bits per heavy atom. The second-order valence-corrected chi connectivity index (χ2v) is 11.3. The minimum atomic E-state index is -4.37. The molecule has 1 unspecified atom stereocenters. The summed E-state index contributed by atoms with van der Waals surface area (Å²) in [6, 6.07) is 8.43. The lowest BCUT2D eigenvalue weighted by atomic mass is 9.95. The fourth-order valence-electron chi connectivity index (χ4n) is 4.65. The lowest BCUT2D eigenvalue weighted by molar-refractivity contribution is -0.139. The van der Waals surface area contributed by atoms with E-state index < -0.39 is 34.5 Å². The molecule has 9 nitrogen and oxygen atoms in total. The number of nitrogens with zero attached hydrogens (tertiary/aromatic N) is 5. The maximum absolute atomic E-state index is 13.4. The molecular formula is C25H29F4N7O2S. The van der Waals surface area contributed by atoms with E-state index >= 15 is 0 Å². The van der Waals surface area contributed by atoms with Crippen LogP contribution in [0.15, 0.2) is 47.6 Å². The van der Waals surface area contributed by atoms with E-state index in [0.717, 1.165) is 17.2 Å². The third-order valence-corrected chi connectivity index (χ3v) is 8.34. The Bertz CT molecular complexity index is 1430. The highest BCUT2D eigenvalue weighted by Gasteiger charge is 2.37. The first-order valence-electron chi connectivity index (χ1n) is 12.2. The molecule has 2 aromatic carbocycles. The zero-order valence-corrected chi connectivity index (χ0v) is 22.2. The maximum Gasteiger partial charge on any atom is 0.390 e. The van der Waals surface area contributed by atoms with Crippen molar-refractivity contribution in [3.8, 4) is 0 Å². The summed E-state index contributed by atoms with van der Waals surface area (Å²) in [5, 5.41) is 18.6. The molecule has 1 fully saturated rings. The number of nitrogens with one attached hydrogen (secondary N) is 2. The van der Waals surface area contributed by atoms with Crippen LogP contribution in [0.1, 0.15) is 35.6 Å². The molecule has 2 heterocycles. The van der Waals surface area contributed by atoms with Crippen LogP contribution >= 0.6 is 0 Å². The van der Waals surface area contributed by atoms with E-state index in [-0.39, 0.29) is 31.2 Å². The van der Waals surface area contributed by atoms with Crippen molar-refractivity contribution in [2.45, 2.75) is 37.0 Å². The maximum atomic E-state index is 13.4. The topological polar surface area (TPSA) is 107 Å². The minimum absolute atomic E-state index is 0.0974. The van der Waals surface area contributed by atoms with Gasteiger partial charge in [-0.2, -0.15) is 27.4 Å². The average molecular weight is 568 g/mol. The van der Waals surface area contributed by atoms with E-state index in [0.29, 0.717) is 34.5 Å². The number of rotatable bonds is 8. The average Bonchev–Trinajstić information content (AvgIpc) is 3.20. The van der Waals surface area contributed by atoms with E-state index in [2.05, 4.69) is 15.5 Å². The van der Waals surface area contributed by atoms with Gasteiger partial charge in [0, 0.05) is 62.4 Å². The number of alkyl halides is 3. The molecule has 4 rings (SSSR count). The lowest BCUT2D eigenvalue weighted by Crippen LogP contribution is -2.39. The third kappa shape index (κ3) is 6.81. The van der Waals surface area contributed by atoms with Gasteiger partial charge in [-0.05, 0) is 60.9 Å². The molecule has 3 aromatic rings. The highest BCUT2D eigenvalue weighted by Crippen LogP contribution is 2.34. The van der Waals surface area contributed by atoms with Gasteiger partial charge in [0.1, 0.15) is 5.82 Å². The van der Waals surface area contributed by atoms with Gasteiger partial charge in [0.05, 0.1) is 12.6 Å². The zero-order chi connectivity index (χ0) is 28.4. The summed E-state index contributed by atoms with van der Waals surface area (Å²) < 4.78 is 80.9. The molecule has 0 amide bonds. The number of halogens is 4. The number of hydrogen-bond donors (Lipinski definition) is 2. The van der Waals surface area contributed by atoms with Gasteiger partial charge in [-0.3, -0.25) is 4.90 Å². The molecule has 14 heteroatoms. The van der Waals surface area contributed by atoms with Crippen molar-refractivity contribution in [2.24, 2.45) is 7.05 Å². The highest BCUT2D eigenvalue weighted by atomic mass is 32.2. The van der Waals surface area contributed by atoms with Gasteiger partial charge >= 0.3 is 6.18 Å². The predicted molar refractivity (Wildman–Crippen MR) is 138 cm³/mol. The van der Waals surface area contributed by atoms with Crippen molar-refractivity contribution in [3.63, 3.8) is 0 Å². The normalized spacial score (nSPS) is 17.6. The van der Waals surface area contributed by atoms with E-state index in [1.165, 1.54) is 23.5 Å². The molecule has 0 radical (unpaired) electrons. The largest absolute Gasteiger partial charge is 0.390 e. The molecule has 2 N–H and O–H groups in total. The summed E-state index contributed by atoms with van der Waals surface area (Å²) in [6.45, 7) is 1.75. The predicted octanol–water partition coefficient (Wildman–Crippen LogP) is 4.39. The quantitative estimate of drug-likeness (QED) is 0.309. The monoisotopic (exact) mass is 567 g/mol. The molecule has 0 aliphatic carbocycles. The van der Waals surface area contributed by atoms with Crippen molar-refractivity contribution in [2.75, 3.05) is 31.5 Å². The number of benzene rings is 2. The summed E-state index contributed by atoms with van der Waals surface area (Å²) in [7, 11) is -2.56. The summed E-state index contributed by atoms with van der Waals surface area (Å²) in [5.74, 6) is -0.396. The van der Waals surface area contributed by atoms with Crippen LogP contribution in [0.5, 0.6) is 0 Å². The number of hydrogen-bond acceptors (Lipinski definition) is 7. The van der Waals surface area contributed by atoms with Gasteiger partial charge < -0.3 is 10.7 Å². The van der Waals surface area contributed by atoms with Gasteiger partial charge in [-0.25, -0.2) is 12.8 Å². The van der Waals surface area contributed by atoms with Crippen molar-refractivity contribution in [3.05, 3.63) is 65.1 Å². The minimum Gasteiger partial charge on any atom is -0.355 e. The first-order valence-corrected chi connectivity index (χ1v) is 13.7. The van der Waals surface area contributed by atoms with Crippen LogP contribution in [0.3, 0.4) is 0 Å². The first-order chi connectivity index (χ1) is 18.4. The Morgan fingerprint density at radius 2 is 1.90 bits per heavy atom. The molecule has 1 aromatic heterocycles. The molecule has 0 spiro atoms. The van der Waals surface area contributed by atoms with E-state index in [1.54, 1.807) is 36.1 Å². The van der Waals surface area contributed by atoms with E-state index in [9.17, 15) is 26.0 Å². The molecule has 0 saturated carbocycles. The molecule has 210 valence electrons. The van der Waals surface area contributed by atoms with E-state index in [4.69, 9.17) is 5.41 Å². The van der Waals surface area contributed by atoms with Gasteiger partial charge in [0.15, 0.2) is 0 Å². The fraction of sp³-hybridized carbons (Fsp3) is 0.400. The molecule has 1 aliphatic heterocycles. The second kappa shape index (κ2) is 11.4. The summed E-state index contributed by atoms with van der Waals surface area (Å²) in [4.78, 5) is 2.79. The van der Waals surface area contributed by atoms with E-state index in [1.807, 2.05) is 0 Å². The smallest absolute Gasteiger partial charge is 0.355 e. The fourth-order valence-corrected chi connectivity index (χ4v) is 6.03. The Hall–Kier alpha value is -3.36. The number of aromatic nitrogens is 3. The lowest BCUT2D eigenvalue weighted by Gasteiger charge is -2.33. The zero-order valence-electron chi connectivity index (χ0n) is 21.4. The molecule has 1 aliphatic rings. The Balaban J connectivity index is 1.72. The molecule has 0 bridgehead atoms. The van der Waals surface area contributed by atoms with Crippen molar-refractivity contribution >= 4 is 27.6 Å². The highest BCUT2D eigenvalue weighted by molar-refractivity contribution is 7.89.